The molecule has 0 nitrogen and oxygen atoms in total. The van der Waals surface area contributed by atoms with Gasteiger partial charge in [-0.2, -0.15) is 0 Å². The van der Waals surface area contributed by atoms with E-state index in [0.29, 0.717) is 5.92 Å². The average molecular weight is 695 g/mol. The summed E-state index contributed by atoms with van der Waals surface area (Å²) >= 11 is 0. The maximum absolute atomic E-state index is 2.33. The standard InChI is InChI=1S/C47H38.C7H8/c1-35(38-15-7-3-8-16-38)39-29-31-43(32-30-39)45-34-33-44(46-19-11-12-20-47(45)46)42-27-23-37(24-28-42)22-26-41(40-17-9-4-10-18-40)25-21-36-13-5-2-6-14-36;1-7-5-3-2-4-6-7/h2-21,23-35H,22H2,1H3;2-6H,1H3/b25-21+,41-26+;. The molecule has 0 radical (unpaired) electrons. The Labute approximate surface area is 321 Å². The summed E-state index contributed by atoms with van der Waals surface area (Å²) in [5, 5.41) is 2.55. The topological polar surface area (TPSA) is 0 Å². The van der Waals surface area contributed by atoms with Gasteiger partial charge in [0.05, 0.1) is 0 Å². The van der Waals surface area contributed by atoms with Crippen molar-refractivity contribution < 1.29 is 0 Å². The van der Waals surface area contributed by atoms with Crippen molar-refractivity contribution in [3.05, 3.63) is 252 Å². The third-order valence-electron chi connectivity index (χ3n) is 10.1. The lowest BCUT2D eigenvalue weighted by atomic mass is 9.89. The van der Waals surface area contributed by atoms with Crippen molar-refractivity contribution in [2.24, 2.45) is 0 Å². The summed E-state index contributed by atoms with van der Waals surface area (Å²) in [5.74, 6) is 0.360. The highest BCUT2D eigenvalue weighted by Gasteiger charge is 2.12. The molecule has 8 aromatic rings. The molecule has 0 fully saturated rings. The Morgan fingerprint density at radius 1 is 0.463 bits per heavy atom. The molecule has 0 aromatic heterocycles. The fourth-order valence-corrected chi connectivity index (χ4v) is 6.93. The highest BCUT2D eigenvalue weighted by Crippen LogP contribution is 2.36. The summed E-state index contributed by atoms with van der Waals surface area (Å²) in [5.41, 5.74) is 13.9. The Morgan fingerprint density at radius 2 is 0.926 bits per heavy atom. The lowest BCUT2D eigenvalue weighted by molar-refractivity contribution is 0.923. The lowest BCUT2D eigenvalue weighted by Crippen LogP contribution is -1.95. The van der Waals surface area contributed by atoms with Gasteiger partial charge < -0.3 is 0 Å². The summed E-state index contributed by atoms with van der Waals surface area (Å²) in [6.45, 7) is 4.36. The summed E-state index contributed by atoms with van der Waals surface area (Å²) in [6.07, 6.45) is 7.61. The molecule has 0 aliphatic carbocycles. The molecule has 1 unspecified atom stereocenters. The van der Waals surface area contributed by atoms with Crippen LogP contribution >= 0.6 is 0 Å². The van der Waals surface area contributed by atoms with Crippen LogP contribution < -0.4 is 0 Å². The van der Waals surface area contributed by atoms with Crippen LogP contribution in [0, 0.1) is 6.92 Å². The molecule has 0 saturated heterocycles. The zero-order chi connectivity index (χ0) is 37.0. The fraction of sp³-hybridized carbons (Fsp3) is 0.0741. The molecular weight excluding hydrogens is 649 g/mol. The minimum Gasteiger partial charge on any atom is -0.0723 e. The SMILES string of the molecule is CC(c1ccccc1)c1ccc(-c2ccc(-c3ccc(C/C=C(\C=C\c4ccccc4)c4ccccc4)cc3)c3ccccc23)cc1.Cc1ccccc1. The number of rotatable bonds is 9. The van der Waals surface area contributed by atoms with Crippen LogP contribution in [-0.4, -0.2) is 0 Å². The second-order valence-electron chi connectivity index (χ2n) is 13.8. The summed E-state index contributed by atoms with van der Waals surface area (Å²) in [4.78, 5) is 0. The van der Waals surface area contributed by atoms with Crippen LogP contribution in [0.15, 0.2) is 218 Å². The number of hydrogen-bond acceptors (Lipinski definition) is 0. The Kier molecular flexibility index (Phi) is 11.8. The third-order valence-corrected chi connectivity index (χ3v) is 10.1. The van der Waals surface area contributed by atoms with Crippen LogP contribution in [0.4, 0.5) is 0 Å². The maximum Gasteiger partial charge on any atom is 0.00610 e. The van der Waals surface area contributed by atoms with Crippen molar-refractivity contribution in [1.82, 2.24) is 0 Å². The number of hydrogen-bond donors (Lipinski definition) is 0. The van der Waals surface area contributed by atoms with Gasteiger partial charge in [-0.1, -0.05) is 237 Å². The zero-order valence-corrected chi connectivity index (χ0v) is 31.1. The zero-order valence-electron chi connectivity index (χ0n) is 31.1. The number of fused-ring (bicyclic) bond motifs is 1. The molecular formula is C54H46. The van der Waals surface area contributed by atoms with Crippen LogP contribution in [0.3, 0.4) is 0 Å². The summed E-state index contributed by atoms with van der Waals surface area (Å²) in [6, 6.07) is 73.7. The van der Waals surface area contributed by atoms with Gasteiger partial charge in [0, 0.05) is 5.92 Å². The summed E-state index contributed by atoms with van der Waals surface area (Å²) < 4.78 is 0. The predicted molar refractivity (Wildman–Crippen MR) is 234 cm³/mol. The van der Waals surface area contributed by atoms with E-state index in [9.17, 15) is 0 Å². The van der Waals surface area contributed by atoms with E-state index in [1.54, 1.807) is 0 Å². The van der Waals surface area contributed by atoms with Gasteiger partial charge in [0.2, 0.25) is 0 Å². The molecule has 1 atom stereocenters. The minimum atomic E-state index is 0.360. The van der Waals surface area contributed by atoms with Crippen LogP contribution in [-0.2, 0) is 6.42 Å². The van der Waals surface area contributed by atoms with Crippen LogP contribution in [0.25, 0.3) is 44.7 Å². The van der Waals surface area contributed by atoms with Gasteiger partial charge in [0.25, 0.3) is 0 Å². The van der Waals surface area contributed by atoms with Crippen molar-refractivity contribution in [1.29, 1.82) is 0 Å². The molecule has 8 rings (SSSR count). The molecule has 0 heterocycles. The van der Waals surface area contributed by atoms with Crippen molar-refractivity contribution in [2.75, 3.05) is 0 Å². The van der Waals surface area contributed by atoms with Gasteiger partial charge in [-0.25, -0.2) is 0 Å². The second-order valence-corrected chi connectivity index (χ2v) is 13.8. The minimum absolute atomic E-state index is 0.360. The van der Waals surface area contributed by atoms with E-state index in [4.69, 9.17) is 0 Å². The Morgan fingerprint density at radius 3 is 1.46 bits per heavy atom. The number of aryl methyl sites for hydroxylation is 1. The molecule has 0 aliphatic heterocycles. The van der Waals surface area contributed by atoms with Crippen LogP contribution in [0.2, 0.25) is 0 Å². The Hall–Kier alpha value is -6.50. The Balaban J connectivity index is 0.000000579. The molecule has 262 valence electrons. The number of allylic oxidation sites excluding steroid dienone is 3. The molecule has 0 aliphatic rings. The first-order valence-corrected chi connectivity index (χ1v) is 18.9. The van der Waals surface area contributed by atoms with Crippen molar-refractivity contribution in [3.63, 3.8) is 0 Å². The number of benzene rings is 8. The molecule has 0 heteroatoms. The molecule has 54 heavy (non-hydrogen) atoms. The van der Waals surface area contributed by atoms with E-state index < -0.39 is 0 Å². The van der Waals surface area contributed by atoms with Gasteiger partial charge in [0.1, 0.15) is 0 Å². The lowest BCUT2D eigenvalue weighted by Gasteiger charge is -2.15. The van der Waals surface area contributed by atoms with E-state index in [1.807, 2.05) is 18.2 Å². The smallest absolute Gasteiger partial charge is 0.00610 e. The predicted octanol–water partition coefficient (Wildman–Crippen LogP) is 14.7. The third kappa shape index (κ3) is 9.10. The second kappa shape index (κ2) is 17.8. The van der Waals surface area contributed by atoms with Crippen LogP contribution in [0.1, 0.15) is 46.2 Å². The quantitative estimate of drug-likeness (QED) is 0.132. The normalized spacial score (nSPS) is 11.9. The van der Waals surface area contributed by atoms with E-state index in [0.717, 1.165) is 6.42 Å². The highest BCUT2D eigenvalue weighted by atomic mass is 14.2. The molecule has 0 spiro atoms. The summed E-state index contributed by atoms with van der Waals surface area (Å²) in [7, 11) is 0. The monoisotopic (exact) mass is 694 g/mol. The van der Waals surface area contributed by atoms with Gasteiger partial charge in [-0.3, -0.25) is 0 Å². The van der Waals surface area contributed by atoms with Gasteiger partial charge in [-0.05, 0) is 79.8 Å². The molecule has 0 amide bonds. The Bertz CT molecular complexity index is 2420. The fourth-order valence-electron chi connectivity index (χ4n) is 6.93. The average Bonchev–Trinajstić information content (AvgIpc) is 3.25. The van der Waals surface area contributed by atoms with E-state index >= 15 is 0 Å². The highest BCUT2D eigenvalue weighted by molar-refractivity contribution is 6.05. The molecule has 0 N–H and O–H groups in total. The maximum atomic E-state index is 2.33. The van der Waals surface area contributed by atoms with Crippen molar-refractivity contribution in [2.45, 2.75) is 26.2 Å². The first-order valence-electron chi connectivity index (χ1n) is 18.9. The van der Waals surface area contributed by atoms with Crippen molar-refractivity contribution in [3.8, 4) is 22.3 Å². The first-order chi connectivity index (χ1) is 26.6. The molecule has 0 saturated carbocycles. The largest absolute Gasteiger partial charge is 0.0723 e. The van der Waals surface area contributed by atoms with E-state index in [-0.39, 0.29) is 0 Å². The van der Waals surface area contributed by atoms with Gasteiger partial charge in [0.15, 0.2) is 0 Å². The van der Waals surface area contributed by atoms with E-state index in [2.05, 4.69) is 220 Å². The molecule has 0 bridgehead atoms. The van der Waals surface area contributed by atoms with Gasteiger partial charge >= 0.3 is 0 Å². The van der Waals surface area contributed by atoms with Gasteiger partial charge in [-0.15, -0.1) is 0 Å². The molecule has 8 aromatic carbocycles. The van der Waals surface area contributed by atoms with Crippen molar-refractivity contribution >= 4 is 22.4 Å². The van der Waals surface area contributed by atoms with Crippen LogP contribution in [0.5, 0.6) is 0 Å². The first kappa shape index (κ1) is 35.9. The van der Waals surface area contributed by atoms with E-state index in [1.165, 1.54) is 72.0 Å².